The van der Waals surface area contributed by atoms with Gasteiger partial charge in [-0.25, -0.2) is 0 Å². The molecule has 2 heterocycles. The van der Waals surface area contributed by atoms with Gasteiger partial charge in [0.2, 0.25) is 0 Å². The topological polar surface area (TPSA) is 43.8 Å². The molecule has 3 fully saturated rings. The second kappa shape index (κ2) is 8.66. The van der Waals surface area contributed by atoms with Crippen LogP contribution in [0.15, 0.2) is 48.5 Å². The number of aromatic hydroxyl groups is 1. The Morgan fingerprint density at radius 1 is 0.935 bits per heavy atom. The predicted molar refractivity (Wildman–Crippen MR) is 123 cm³/mol. The SMILES string of the molecule is O=C(c1ccc(C2(c3cccc(O)c3)CCCN(CC3CC3)C2)cc1)N1CCCCC1. The first-order valence-electron chi connectivity index (χ1n) is 12.1. The highest BCUT2D eigenvalue weighted by atomic mass is 16.3. The smallest absolute Gasteiger partial charge is 0.253 e. The van der Waals surface area contributed by atoms with Crippen LogP contribution in [0.5, 0.6) is 5.75 Å². The van der Waals surface area contributed by atoms with Gasteiger partial charge in [0.15, 0.2) is 0 Å². The summed E-state index contributed by atoms with van der Waals surface area (Å²) in [4.78, 5) is 17.6. The van der Waals surface area contributed by atoms with Crippen molar-refractivity contribution >= 4 is 5.91 Å². The minimum atomic E-state index is -0.140. The second-order valence-electron chi connectivity index (χ2n) is 9.84. The number of carbonyl (C=O) groups is 1. The lowest BCUT2D eigenvalue weighted by molar-refractivity contribution is 0.0724. The minimum absolute atomic E-state index is 0.140. The van der Waals surface area contributed by atoms with Gasteiger partial charge in [-0.05, 0) is 92.8 Å². The van der Waals surface area contributed by atoms with E-state index in [1.807, 2.05) is 29.2 Å². The lowest BCUT2D eigenvalue weighted by Crippen LogP contribution is -2.47. The number of hydrogen-bond acceptors (Lipinski definition) is 3. The summed E-state index contributed by atoms with van der Waals surface area (Å²) >= 11 is 0. The summed E-state index contributed by atoms with van der Waals surface area (Å²) < 4.78 is 0. The standard InChI is InChI=1S/C27H34N2O2/c30-25-7-4-6-24(18-25)27(14-5-15-28(20-27)19-21-8-9-21)23-12-10-22(11-13-23)26(31)29-16-2-1-3-17-29/h4,6-7,10-13,18,21,30H,1-3,5,8-9,14-17,19-20H2. The van der Waals surface area contributed by atoms with Crippen molar-refractivity contribution in [2.45, 2.75) is 50.4 Å². The lowest BCUT2D eigenvalue weighted by Gasteiger charge is -2.44. The van der Waals surface area contributed by atoms with Crippen molar-refractivity contribution in [3.05, 3.63) is 65.2 Å². The molecule has 1 aliphatic carbocycles. The molecule has 2 aromatic carbocycles. The highest BCUT2D eigenvalue weighted by Gasteiger charge is 2.40. The molecule has 31 heavy (non-hydrogen) atoms. The molecule has 2 saturated heterocycles. The number of nitrogens with zero attached hydrogens (tertiary/aromatic N) is 2. The first-order valence-corrected chi connectivity index (χ1v) is 12.1. The van der Waals surface area contributed by atoms with Gasteiger partial charge in [-0.1, -0.05) is 24.3 Å². The predicted octanol–water partition coefficient (Wildman–Crippen LogP) is 4.81. The number of piperidine rings is 2. The molecule has 0 spiro atoms. The van der Waals surface area contributed by atoms with E-state index in [1.165, 1.54) is 36.9 Å². The fourth-order valence-corrected chi connectivity index (χ4v) is 5.62. The van der Waals surface area contributed by atoms with Crippen LogP contribution in [-0.2, 0) is 5.41 Å². The first kappa shape index (κ1) is 20.6. The Hall–Kier alpha value is -2.33. The number of rotatable bonds is 5. The van der Waals surface area contributed by atoms with Gasteiger partial charge in [-0.3, -0.25) is 4.79 Å². The molecule has 2 aliphatic heterocycles. The molecule has 2 aromatic rings. The van der Waals surface area contributed by atoms with Crippen molar-refractivity contribution in [3.8, 4) is 5.75 Å². The third kappa shape index (κ3) is 4.36. The number of phenolic OH excluding ortho intramolecular Hbond substituents is 1. The van der Waals surface area contributed by atoms with Crippen LogP contribution in [0.3, 0.4) is 0 Å². The van der Waals surface area contributed by atoms with E-state index >= 15 is 0 Å². The largest absolute Gasteiger partial charge is 0.508 e. The summed E-state index contributed by atoms with van der Waals surface area (Å²) in [6.07, 6.45) is 8.40. The van der Waals surface area contributed by atoms with Crippen molar-refractivity contribution in [1.29, 1.82) is 0 Å². The zero-order chi connectivity index (χ0) is 21.3. The molecule has 1 N–H and O–H groups in total. The second-order valence-corrected chi connectivity index (χ2v) is 9.84. The molecule has 4 heteroatoms. The van der Waals surface area contributed by atoms with Crippen LogP contribution < -0.4 is 0 Å². The first-order chi connectivity index (χ1) is 15.1. The maximum Gasteiger partial charge on any atom is 0.253 e. The minimum Gasteiger partial charge on any atom is -0.508 e. The van der Waals surface area contributed by atoms with Crippen molar-refractivity contribution in [3.63, 3.8) is 0 Å². The van der Waals surface area contributed by atoms with Gasteiger partial charge in [0.1, 0.15) is 5.75 Å². The Morgan fingerprint density at radius 2 is 1.71 bits per heavy atom. The zero-order valence-corrected chi connectivity index (χ0v) is 18.4. The van der Waals surface area contributed by atoms with Crippen LogP contribution in [0.2, 0.25) is 0 Å². The quantitative estimate of drug-likeness (QED) is 0.758. The number of phenols is 1. The van der Waals surface area contributed by atoms with Gasteiger partial charge in [-0.2, -0.15) is 0 Å². The fourth-order valence-electron chi connectivity index (χ4n) is 5.62. The summed E-state index contributed by atoms with van der Waals surface area (Å²) in [7, 11) is 0. The molecule has 1 unspecified atom stereocenters. The average Bonchev–Trinajstić information content (AvgIpc) is 3.63. The Labute approximate surface area is 185 Å². The number of benzene rings is 2. The molecular weight excluding hydrogens is 384 g/mol. The van der Waals surface area contributed by atoms with E-state index in [9.17, 15) is 9.90 Å². The van der Waals surface area contributed by atoms with Crippen molar-refractivity contribution in [1.82, 2.24) is 9.80 Å². The number of hydrogen-bond donors (Lipinski definition) is 1. The molecular formula is C27H34N2O2. The normalized spacial score (nSPS) is 24.8. The molecule has 3 aliphatic rings. The van der Waals surface area contributed by atoms with Crippen LogP contribution in [0.4, 0.5) is 0 Å². The highest BCUT2D eigenvalue weighted by molar-refractivity contribution is 5.94. The van der Waals surface area contributed by atoms with Gasteiger partial charge in [0.25, 0.3) is 5.91 Å². The van der Waals surface area contributed by atoms with E-state index in [0.29, 0.717) is 5.75 Å². The van der Waals surface area contributed by atoms with Gasteiger partial charge < -0.3 is 14.9 Å². The molecule has 1 amide bonds. The van der Waals surface area contributed by atoms with Gasteiger partial charge in [-0.15, -0.1) is 0 Å². The van der Waals surface area contributed by atoms with E-state index in [-0.39, 0.29) is 11.3 Å². The molecule has 0 aromatic heterocycles. The molecule has 164 valence electrons. The van der Waals surface area contributed by atoms with Crippen LogP contribution in [0.25, 0.3) is 0 Å². The molecule has 0 bridgehead atoms. The van der Waals surface area contributed by atoms with Crippen LogP contribution in [0.1, 0.15) is 66.4 Å². The number of amides is 1. The third-order valence-corrected chi connectivity index (χ3v) is 7.51. The summed E-state index contributed by atoms with van der Waals surface area (Å²) in [6.45, 7) is 5.08. The van der Waals surface area contributed by atoms with Crippen LogP contribution in [0, 0.1) is 5.92 Å². The Balaban J connectivity index is 1.45. The summed E-state index contributed by atoms with van der Waals surface area (Å²) in [5.74, 6) is 1.36. The molecule has 1 saturated carbocycles. The average molecular weight is 419 g/mol. The van der Waals surface area contributed by atoms with Crippen molar-refractivity contribution < 1.29 is 9.90 Å². The number of carbonyl (C=O) groups excluding carboxylic acids is 1. The summed E-state index contributed by atoms with van der Waals surface area (Å²) in [6, 6.07) is 16.2. The van der Waals surface area contributed by atoms with E-state index < -0.39 is 0 Å². The van der Waals surface area contributed by atoms with E-state index in [1.54, 1.807) is 6.07 Å². The molecule has 4 nitrogen and oxygen atoms in total. The van der Waals surface area contributed by atoms with Crippen LogP contribution in [-0.4, -0.2) is 53.5 Å². The van der Waals surface area contributed by atoms with Gasteiger partial charge in [0, 0.05) is 37.2 Å². The Morgan fingerprint density at radius 3 is 2.42 bits per heavy atom. The van der Waals surface area contributed by atoms with Gasteiger partial charge >= 0.3 is 0 Å². The highest BCUT2D eigenvalue weighted by Crippen LogP contribution is 2.42. The Bertz CT molecular complexity index is 915. The molecule has 0 radical (unpaired) electrons. The lowest BCUT2D eigenvalue weighted by atomic mass is 9.69. The van der Waals surface area contributed by atoms with Gasteiger partial charge in [0.05, 0.1) is 0 Å². The maximum absolute atomic E-state index is 12.9. The number of likely N-dealkylation sites (tertiary alicyclic amines) is 2. The zero-order valence-electron chi connectivity index (χ0n) is 18.4. The van der Waals surface area contributed by atoms with Crippen molar-refractivity contribution in [2.75, 3.05) is 32.7 Å². The van der Waals surface area contributed by atoms with E-state index in [4.69, 9.17) is 0 Å². The molecule has 5 rings (SSSR count). The van der Waals surface area contributed by atoms with Crippen molar-refractivity contribution in [2.24, 2.45) is 5.92 Å². The molecule has 1 atom stereocenters. The summed E-state index contributed by atoms with van der Waals surface area (Å²) in [5.41, 5.74) is 3.10. The monoisotopic (exact) mass is 418 g/mol. The maximum atomic E-state index is 12.9. The Kier molecular flexibility index (Phi) is 5.75. The van der Waals surface area contributed by atoms with E-state index in [0.717, 1.165) is 63.3 Å². The van der Waals surface area contributed by atoms with E-state index in [2.05, 4.69) is 23.1 Å². The third-order valence-electron chi connectivity index (χ3n) is 7.51. The fraction of sp³-hybridized carbons (Fsp3) is 0.519. The summed E-state index contributed by atoms with van der Waals surface area (Å²) in [5, 5.41) is 10.2. The van der Waals surface area contributed by atoms with Crippen LogP contribution >= 0.6 is 0 Å².